The lowest BCUT2D eigenvalue weighted by atomic mass is 10.0. The number of fused-ring (bicyclic) bond motifs is 1. The van der Waals surface area contributed by atoms with E-state index in [0.717, 1.165) is 33.9 Å². The lowest BCUT2D eigenvalue weighted by molar-refractivity contribution is 0.297. The Morgan fingerprint density at radius 3 is 2.48 bits per heavy atom. The molecule has 1 aliphatic rings. The van der Waals surface area contributed by atoms with Crippen LogP contribution in [0.1, 0.15) is 17.3 Å². The van der Waals surface area contributed by atoms with E-state index in [1.165, 1.54) is 4.31 Å². The first-order chi connectivity index (χ1) is 12.9. The molecule has 0 N–H and O–H groups in total. The second-order valence-corrected chi connectivity index (χ2v) is 9.05. The predicted octanol–water partition coefficient (Wildman–Crippen LogP) is 4.32. The number of aromatic nitrogens is 1. The Morgan fingerprint density at radius 2 is 1.74 bits per heavy atom. The third-order valence-electron chi connectivity index (χ3n) is 4.66. The Morgan fingerprint density at radius 1 is 1.00 bits per heavy atom. The van der Waals surface area contributed by atoms with E-state index >= 15 is 0 Å². The summed E-state index contributed by atoms with van der Waals surface area (Å²) in [5.74, 6) is -1.76. The number of nitrogens with zero attached hydrogens (tertiary/aromatic N) is 2. The average molecular weight is 453 g/mol. The van der Waals surface area contributed by atoms with Crippen molar-refractivity contribution in [3.8, 4) is 0 Å². The molecule has 0 aliphatic carbocycles. The zero-order valence-corrected chi connectivity index (χ0v) is 16.4. The molecule has 140 valence electrons. The summed E-state index contributed by atoms with van der Waals surface area (Å²) in [6, 6.07) is 12.8. The van der Waals surface area contributed by atoms with Crippen LogP contribution in [0.2, 0.25) is 0 Å². The summed E-state index contributed by atoms with van der Waals surface area (Å²) in [6.45, 7) is 0.590. The van der Waals surface area contributed by atoms with Crippen LogP contribution in [0.15, 0.2) is 70.2 Å². The molecule has 1 aromatic heterocycles. The van der Waals surface area contributed by atoms with Crippen molar-refractivity contribution in [3.05, 3.63) is 88.2 Å². The SMILES string of the molecule is O=S(=O)(c1cc(F)ccc1F)N1CCn2cccc2C1c1ccc(Br)cc1. The van der Waals surface area contributed by atoms with Crippen molar-refractivity contribution in [2.24, 2.45) is 0 Å². The molecule has 0 saturated heterocycles. The van der Waals surface area contributed by atoms with Crippen molar-refractivity contribution in [1.29, 1.82) is 0 Å². The number of sulfonamides is 1. The molecule has 4 rings (SSSR count). The standard InChI is InChI=1S/C19H15BrF2N2O2S/c20-14-5-3-13(4-6-14)19-17-2-1-9-23(17)10-11-24(19)27(25,26)18-12-15(21)7-8-16(18)22/h1-9,12,19H,10-11H2. The normalized spacial score (nSPS) is 17.7. The molecule has 2 aromatic carbocycles. The van der Waals surface area contributed by atoms with Crippen molar-refractivity contribution < 1.29 is 17.2 Å². The zero-order chi connectivity index (χ0) is 19.2. The highest BCUT2D eigenvalue weighted by Crippen LogP contribution is 2.37. The summed E-state index contributed by atoms with van der Waals surface area (Å²) in [5.41, 5.74) is 1.53. The fourth-order valence-corrected chi connectivity index (χ4v) is 5.33. The molecule has 0 spiro atoms. The van der Waals surface area contributed by atoms with Gasteiger partial charge in [0.1, 0.15) is 16.5 Å². The minimum absolute atomic E-state index is 0.153. The lowest BCUT2D eigenvalue weighted by Gasteiger charge is -2.36. The van der Waals surface area contributed by atoms with E-state index < -0.39 is 32.6 Å². The van der Waals surface area contributed by atoms with Gasteiger partial charge >= 0.3 is 0 Å². The van der Waals surface area contributed by atoms with E-state index in [9.17, 15) is 17.2 Å². The van der Waals surface area contributed by atoms with Gasteiger partial charge in [0.05, 0.1) is 6.04 Å². The van der Waals surface area contributed by atoms with E-state index in [1.807, 2.05) is 47.2 Å². The van der Waals surface area contributed by atoms with Gasteiger partial charge in [0, 0.05) is 29.5 Å². The molecule has 0 fully saturated rings. The number of rotatable bonds is 3. The van der Waals surface area contributed by atoms with Crippen LogP contribution in [0.25, 0.3) is 0 Å². The van der Waals surface area contributed by atoms with Gasteiger partial charge in [-0.3, -0.25) is 0 Å². The molecule has 27 heavy (non-hydrogen) atoms. The lowest BCUT2D eigenvalue weighted by Crippen LogP contribution is -2.42. The van der Waals surface area contributed by atoms with Gasteiger partial charge in [-0.15, -0.1) is 0 Å². The van der Waals surface area contributed by atoms with Gasteiger partial charge in [0.2, 0.25) is 10.0 Å². The highest BCUT2D eigenvalue weighted by molar-refractivity contribution is 9.10. The largest absolute Gasteiger partial charge is 0.348 e. The fourth-order valence-electron chi connectivity index (χ4n) is 3.40. The van der Waals surface area contributed by atoms with Crippen LogP contribution in [0, 0.1) is 11.6 Å². The molecule has 1 aliphatic heterocycles. The maximum absolute atomic E-state index is 14.3. The Bertz CT molecular complexity index is 1100. The highest BCUT2D eigenvalue weighted by atomic mass is 79.9. The topological polar surface area (TPSA) is 42.3 Å². The van der Waals surface area contributed by atoms with Crippen molar-refractivity contribution in [1.82, 2.24) is 8.87 Å². The summed E-state index contributed by atoms with van der Waals surface area (Å²) in [7, 11) is -4.25. The average Bonchev–Trinajstić information content (AvgIpc) is 3.12. The predicted molar refractivity (Wildman–Crippen MR) is 101 cm³/mol. The third-order valence-corrected chi connectivity index (χ3v) is 7.07. The first kappa shape index (κ1) is 18.3. The summed E-state index contributed by atoms with van der Waals surface area (Å²) in [6.07, 6.45) is 1.88. The molecule has 8 heteroatoms. The van der Waals surface area contributed by atoms with Gasteiger partial charge in [0.25, 0.3) is 0 Å². The smallest absolute Gasteiger partial charge is 0.247 e. The van der Waals surface area contributed by atoms with Crippen LogP contribution in [-0.2, 0) is 16.6 Å². The molecule has 0 saturated carbocycles. The molecule has 4 nitrogen and oxygen atoms in total. The molecule has 0 amide bonds. The van der Waals surface area contributed by atoms with Crippen LogP contribution in [0.5, 0.6) is 0 Å². The van der Waals surface area contributed by atoms with Crippen molar-refractivity contribution in [2.75, 3.05) is 6.54 Å². The Hall–Kier alpha value is -2.03. The molecular formula is C19H15BrF2N2O2S. The summed E-state index contributed by atoms with van der Waals surface area (Å²) in [5, 5.41) is 0. The molecule has 2 heterocycles. The first-order valence-electron chi connectivity index (χ1n) is 8.25. The van der Waals surface area contributed by atoms with Crippen LogP contribution in [0.3, 0.4) is 0 Å². The summed E-state index contributed by atoms with van der Waals surface area (Å²) in [4.78, 5) is -0.649. The molecule has 0 radical (unpaired) electrons. The van der Waals surface area contributed by atoms with Crippen LogP contribution < -0.4 is 0 Å². The number of hydrogen-bond donors (Lipinski definition) is 0. The highest BCUT2D eigenvalue weighted by Gasteiger charge is 2.38. The van der Waals surface area contributed by atoms with Crippen LogP contribution in [-0.4, -0.2) is 23.8 Å². The van der Waals surface area contributed by atoms with Gasteiger partial charge in [-0.25, -0.2) is 17.2 Å². The van der Waals surface area contributed by atoms with Crippen LogP contribution in [0.4, 0.5) is 8.78 Å². The fraction of sp³-hybridized carbons (Fsp3) is 0.158. The third kappa shape index (κ3) is 3.22. The van der Waals surface area contributed by atoms with E-state index in [1.54, 1.807) is 0 Å². The zero-order valence-electron chi connectivity index (χ0n) is 14.0. The Balaban J connectivity index is 1.87. The molecule has 1 unspecified atom stereocenters. The van der Waals surface area contributed by atoms with Crippen LogP contribution >= 0.6 is 15.9 Å². The van der Waals surface area contributed by atoms with Crippen molar-refractivity contribution >= 4 is 26.0 Å². The van der Waals surface area contributed by atoms with Gasteiger partial charge < -0.3 is 4.57 Å². The van der Waals surface area contributed by atoms with Gasteiger partial charge in [0.15, 0.2) is 0 Å². The summed E-state index contributed by atoms with van der Waals surface area (Å²) < 4.78 is 58.5. The number of halogens is 3. The molecule has 1 atom stereocenters. The maximum atomic E-state index is 14.3. The minimum atomic E-state index is -4.25. The maximum Gasteiger partial charge on any atom is 0.247 e. The number of benzene rings is 2. The Kier molecular flexibility index (Phi) is 4.65. The second kappa shape index (κ2) is 6.85. The minimum Gasteiger partial charge on any atom is -0.348 e. The monoisotopic (exact) mass is 452 g/mol. The molecular weight excluding hydrogens is 438 g/mol. The molecule has 3 aromatic rings. The quantitative estimate of drug-likeness (QED) is 0.593. The van der Waals surface area contributed by atoms with Crippen molar-refractivity contribution in [3.63, 3.8) is 0 Å². The van der Waals surface area contributed by atoms with Crippen molar-refractivity contribution in [2.45, 2.75) is 17.5 Å². The molecule has 0 bridgehead atoms. The van der Waals surface area contributed by atoms with Gasteiger partial charge in [-0.1, -0.05) is 28.1 Å². The van der Waals surface area contributed by atoms with Gasteiger partial charge in [-0.05, 0) is 48.0 Å². The second-order valence-electron chi connectivity index (χ2n) is 6.27. The number of hydrogen-bond acceptors (Lipinski definition) is 2. The van der Waals surface area contributed by atoms with E-state index in [-0.39, 0.29) is 6.54 Å². The summed E-state index contributed by atoms with van der Waals surface area (Å²) >= 11 is 3.37. The first-order valence-corrected chi connectivity index (χ1v) is 10.5. The van der Waals surface area contributed by atoms with E-state index in [0.29, 0.717) is 6.54 Å². The van der Waals surface area contributed by atoms with E-state index in [4.69, 9.17) is 0 Å². The van der Waals surface area contributed by atoms with Gasteiger partial charge in [-0.2, -0.15) is 4.31 Å². The Labute approximate surface area is 164 Å². The van der Waals surface area contributed by atoms with E-state index in [2.05, 4.69) is 15.9 Å².